The molecule has 392 valence electrons. The average Bonchev–Trinajstić information content (AvgIpc) is 3.97. The van der Waals surface area contributed by atoms with Crippen molar-refractivity contribution in [1.29, 1.82) is 0 Å². The highest BCUT2D eigenvalue weighted by atomic mass is 16.7. The van der Waals surface area contributed by atoms with Crippen LogP contribution in [0.5, 0.6) is 0 Å². The maximum Gasteiger partial charge on any atom is 0.303 e. The number of Topliss-reactive ketones (excluding diaryl/α,β-unsaturated/α-hetero) is 2. The molecule has 8 aliphatic carbocycles. The summed E-state index contributed by atoms with van der Waals surface area (Å²) in [5, 5.41) is 21.9. The molecule has 0 radical (unpaired) electrons. The topological polar surface area (TPSA) is 164 Å². The Hall–Kier alpha value is -1.96. The van der Waals surface area contributed by atoms with Gasteiger partial charge in [-0.05, 0) is 148 Å². The van der Waals surface area contributed by atoms with E-state index in [1.54, 1.807) is 0 Å². The summed E-state index contributed by atoms with van der Waals surface area (Å²) in [5.74, 6) is 1.93. The average molecular weight is 977 g/mol. The number of rotatable bonds is 2. The van der Waals surface area contributed by atoms with E-state index >= 15 is 0 Å². The minimum atomic E-state index is -0.890. The zero-order valence-corrected chi connectivity index (χ0v) is 44.3. The number of aliphatic hydroxyl groups is 2. The second-order valence-electron chi connectivity index (χ2n) is 27.3. The maximum atomic E-state index is 14.7. The van der Waals surface area contributed by atoms with Crippen molar-refractivity contribution in [3.63, 3.8) is 0 Å². The first kappa shape index (κ1) is 50.2. The summed E-state index contributed by atoms with van der Waals surface area (Å²) in [5.41, 5.74) is -1.31. The van der Waals surface area contributed by atoms with Gasteiger partial charge in [-0.1, -0.05) is 55.4 Å². The molecule has 4 saturated heterocycles. The molecule has 4 aliphatic heterocycles. The van der Waals surface area contributed by atoms with Crippen molar-refractivity contribution in [2.24, 2.45) is 105 Å². The maximum absolute atomic E-state index is 14.7. The minimum Gasteiger partial charge on any atom is -0.463 e. The second kappa shape index (κ2) is 17.3. The van der Waals surface area contributed by atoms with Gasteiger partial charge in [0.2, 0.25) is 0 Å². The van der Waals surface area contributed by atoms with E-state index in [4.69, 9.17) is 28.4 Å². The number of ether oxygens (including phenoxy) is 6. The third-order valence-electron chi connectivity index (χ3n) is 24.1. The van der Waals surface area contributed by atoms with Gasteiger partial charge in [-0.25, -0.2) is 0 Å². The summed E-state index contributed by atoms with van der Waals surface area (Å²) in [7, 11) is 0. The molecule has 12 heteroatoms. The lowest BCUT2D eigenvalue weighted by atomic mass is 9.43. The van der Waals surface area contributed by atoms with Gasteiger partial charge in [0.25, 0.3) is 0 Å². The molecule has 70 heavy (non-hydrogen) atoms. The van der Waals surface area contributed by atoms with Crippen molar-refractivity contribution in [2.75, 3.05) is 13.2 Å². The SMILES string of the molecule is CC(=O)O[C@H]1CC[C@@]2(C)[C@@H](CC[C@@H]3[C@@H]2[C@H](OC(C)=O)C(=O)[C@]2(C)[C@@H]4[C@H](C[C@@H]32)O[C@]2(CC[C@@H](C)CO2)[C@H]4C)C1.C[C@@H]1CC[C@@]2(OC1)O[C@H]1C[C@H]3[C@@H]4CC[C@H]5C[C@@H](O)CC[C@]5(C)[C@H]4[C@H](O)C(=O)[C@]3(C)[C@H]1[C@@H]2C. The van der Waals surface area contributed by atoms with Gasteiger partial charge in [0, 0.05) is 73.0 Å². The molecule has 0 bridgehead atoms. The Bertz CT molecular complexity index is 2080. The van der Waals surface area contributed by atoms with Crippen LogP contribution in [0.2, 0.25) is 0 Å². The lowest BCUT2D eigenvalue weighted by molar-refractivity contribution is -0.273. The normalized spacial score (nSPS) is 57.3. The Labute approximate surface area is 417 Å². The van der Waals surface area contributed by atoms with Crippen molar-refractivity contribution in [1.82, 2.24) is 0 Å². The first-order valence-electron chi connectivity index (χ1n) is 28.4. The van der Waals surface area contributed by atoms with E-state index in [2.05, 4.69) is 55.4 Å². The van der Waals surface area contributed by atoms with E-state index in [0.29, 0.717) is 42.1 Å². The second-order valence-corrected chi connectivity index (χ2v) is 27.3. The first-order valence-corrected chi connectivity index (χ1v) is 28.4. The molecule has 2 N–H and O–H groups in total. The smallest absolute Gasteiger partial charge is 0.303 e. The number of aliphatic hydroxyl groups excluding tert-OH is 2. The fraction of sp³-hybridized carbons (Fsp3) is 0.931. The first-order chi connectivity index (χ1) is 33.0. The Morgan fingerprint density at radius 1 is 0.557 bits per heavy atom. The summed E-state index contributed by atoms with van der Waals surface area (Å²) in [6, 6.07) is 0. The molecule has 8 saturated carbocycles. The van der Waals surface area contributed by atoms with Crippen molar-refractivity contribution >= 4 is 23.5 Å². The van der Waals surface area contributed by atoms with Gasteiger partial charge in [0.1, 0.15) is 12.2 Å². The van der Waals surface area contributed by atoms with Gasteiger partial charge in [-0.2, -0.15) is 0 Å². The van der Waals surface area contributed by atoms with Crippen LogP contribution in [0.1, 0.15) is 172 Å². The van der Waals surface area contributed by atoms with Crippen LogP contribution in [-0.4, -0.2) is 95.1 Å². The van der Waals surface area contributed by atoms with Crippen molar-refractivity contribution in [2.45, 2.75) is 220 Å². The standard InChI is InChI=1S/C31H46O7.C27H42O5/c1-16-9-12-31(35-15-16)17(2)25-24(38-31)14-23-22-8-7-20-13-21(36-18(3)32)10-11-29(20,5)26(22)27(37-19(4)33)28(34)30(23,25)6;1-14-7-10-27(31-13-14)15(2)21-20(32-27)12-19-18-6-5-16-11-17(28)8-9-25(16,3)22(18)23(29)24(30)26(19,21)4/h16-17,20-27H,7-15H2,1-6H3;14-23,28-29H,5-13H2,1-4H3/t16-,17+,20+,21+,22+,23+,24+,25+,26-,27+,29+,30+,31-;14-,15+,16+,17+,18+,19+,20+,21+,22-,23+,25+,26+,27-/m11/s1. The van der Waals surface area contributed by atoms with Crippen LogP contribution in [-0.2, 0) is 47.6 Å². The van der Waals surface area contributed by atoms with Crippen LogP contribution in [0.25, 0.3) is 0 Å². The molecule has 0 unspecified atom stereocenters. The van der Waals surface area contributed by atoms with Crippen LogP contribution in [0, 0.1) is 105 Å². The molecular weight excluding hydrogens is 889 g/mol. The zero-order valence-electron chi connectivity index (χ0n) is 44.3. The highest BCUT2D eigenvalue weighted by Gasteiger charge is 2.76. The van der Waals surface area contributed by atoms with Gasteiger partial charge in [0.15, 0.2) is 29.2 Å². The van der Waals surface area contributed by atoms with Gasteiger partial charge in [-0.3, -0.25) is 19.2 Å². The number of fused-ring (bicyclic) bond motifs is 14. The van der Waals surface area contributed by atoms with E-state index in [1.165, 1.54) is 13.8 Å². The summed E-state index contributed by atoms with van der Waals surface area (Å²) in [6.45, 7) is 22.2. The van der Waals surface area contributed by atoms with E-state index in [1.807, 2.05) is 0 Å². The fourth-order valence-electron chi connectivity index (χ4n) is 20.7. The van der Waals surface area contributed by atoms with Crippen molar-refractivity contribution < 1.29 is 57.8 Å². The largest absolute Gasteiger partial charge is 0.463 e. The predicted octanol–water partition coefficient (Wildman–Crippen LogP) is 9.03. The van der Waals surface area contributed by atoms with Gasteiger partial charge < -0.3 is 38.6 Å². The molecule has 0 amide bonds. The van der Waals surface area contributed by atoms with Crippen LogP contribution in [0.3, 0.4) is 0 Å². The quantitative estimate of drug-likeness (QED) is 0.253. The molecule has 0 aromatic heterocycles. The van der Waals surface area contributed by atoms with E-state index < -0.39 is 34.6 Å². The molecule has 26 atom stereocenters. The summed E-state index contributed by atoms with van der Waals surface area (Å²) < 4.78 is 38.0. The molecular formula is C58H88O12. The Morgan fingerprint density at radius 2 is 1.04 bits per heavy atom. The lowest BCUT2D eigenvalue weighted by Gasteiger charge is -2.62. The molecule has 0 aromatic carbocycles. The molecule has 2 spiro atoms. The molecule has 0 aromatic rings. The minimum absolute atomic E-state index is 0.000633. The number of hydrogen-bond acceptors (Lipinski definition) is 12. The number of carbonyl (C=O) groups is 4. The van der Waals surface area contributed by atoms with Gasteiger partial charge in [-0.15, -0.1) is 0 Å². The molecule has 12 aliphatic rings. The van der Waals surface area contributed by atoms with Crippen molar-refractivity contribution in [3.8, 4) is 0 Å². The van der Waals surface area contributed by atoms with Crippen LogP contribution in [0.4, 0.5) is 0 Å². The lowest BCUT2D eigenvalue weighted by Crippen LogP contribution is -2.65. The third-order valence-corrected chi connectivity index (χ3v) is 24.1. The van der Waals surface area contributed by atoms with E-state index in [-0.39, 0.29) is 106 Å². The van der Waals surface area contributed by atoms with Crippen LogP contribution >= 0.6 is 0 Å². The van der Waals surface area contributed by atoms with Crippen LogP contribution in [0.15, 0.2) is 0 Å². The highest BCUT2D eigenvalue weighted by molar-refractivity contribution is 5.93. The fourth-order valence-corrected chi connectivity index (χ4v) is 20.7. The van der Waals surface area contributed by atoms with Gasteiger partial charge >= 0.3 is 11.9 Å². The number of hydrogen-bond donors (Lipinski definition) is 2. The van der Waals surface area contributed by atoms with Crippen LogP contribution < -0.4 is 0 Å². The molecule has 12 fully saturated rings. The van der Waals surface area contributed by atoms with Crippen molar-refractivity contribution in [3.05, 3.63) is 0 Å². The molecule has 4 heterocycles. The Morgan fingerprint density at radius 3 is 1.56 bits per heavy atom. The highest BCUT2D eigenvalue weighted by Crippen LogP contribution is 2.73. The van der Waals surface area contributed by atoms with E-state index in [9.17, 15) is 29.4 Å². The number of esters is 2. The zero-order chi connectivity index (χ0) is 49.8. The van der Waals surface area contributed by atoms with E-state index in [0.717, 1.165) is 109 Å². The predicted molar refractivity (Wildman–Crippen MR) is 258 cm³/mol. The number of ketones is 2. The Balaban J connectivity index is 0.000000154. The third kappa shape index (κ3) is 7.12. The summed E-state index contributed by atoms with van der Waals surface area (Å²) >= 11 is 0. The monoisotopic (exact) mass is 977 g/mol. The molecule has 12 nitrogen and oxygen atoms in total. The Kier molecular flexibility index (Phi) is 12.4. The molecule has 12 rings (SSSR count). The summed E-state index contributed by atoms with van der Waals surface area (Å²) in [4.78, 5) is 52.9. The van der Waals surface area contributed by atoms with Gasteiger partial charge in [0.05, 0.1) is 31.5 Å². The summed E-state index contributed by atoms with van der Waals surface area (Å²) in [6.07, 6.45) is 13.2. The number of carbonyl (C=O) groups excluding carboxylic acids is 4.